The Kier molecular flexibility index (Phi) is 6.16. The molecule has 18 heavy (non-hydrogen) atoms. The van der Waals surface area contributed by atoms with Gasteiger partial charge in [-0.2, -0.15) is 0 Å². The summed E-state index contributed by atoms with van der Waals surface area (Å²) in [6.45, 7) is 0.853. The van der Waals surface area contributed by atoms with Gasteiger partial charge >= 0.3 is 5.97 Å². The number of hydrogen-bond acceptors (Lipinski definition) is 2. The first-order chi connectivity index (χ1) is 8.25. The second-order valence-corrected chi connectivity index (χ2v) is 4.78. The van der Waals surface area contributed by atoms with Crippen LogP contribution in [0, 0.1) is 5.92 Å². The average molecular weight is 270 g/mol. The van der Waals surface area contributed by atoms with Crippen LogP contribution in [0.1, 0.15) is 24.8 Å². The van der Waals surface area contributed by atoms with Crippen molar-refractivity contribution in [1.29, 1.82) is 0 Å². The topological polar surface area (TPSA) is 49.3 Å². The molecule has 1 fully saturated rings. The zero-order valence-electron chi connectivity index (χ0n) is 10.3. The summed E-state index contributed by atoms with van der Waals surface area (Å²) in [5.74, 6) is -0.185. The van der Waals surface area contributed by atoms with Crippen LogP contribution in [0.4, 0.5) is 0 Å². The second-order valence-electron chi connectivity index (χ2n) is 4.78. The molecule has 3 nitrogen and oxygen atoms in total. The minimum atomic E-state index is -0.712. The van der Waals surface area contributed by atoms with Crippen molar-refractivity contribution in [3.63, 3.8) is 0 Å². The molecule has 1 aromatic rings. The van der Waals surface area contributed by atoms with Gasteiger partial charge in [0.25, 0.3) is 0 Å². The highest BCUT2D eigenvalue weighted by Crippen LogP contribution is 2.20. The molecule has 0 spiro atoms. The number of halogens is 1. The monoisotopic (exact) mass is 269 g/mol. The highest BCUT2D eigenvalue weighted by molar-refractivity contribution is 5.85. The van der Waals surface area contributed by atoms with Crippen LogP contribution in [-0.2, 0) is 11.2 Å². The van der Waals surface area contributed by atoms with Crippen LogP contribution in [0.2, 0.25) is 0 Å². The fourth-order valence-electron chi connectivity index (χ4n) is 2.46. The van der Waals surface area contributed by atoms with Crippen molar-refractivity contribution in [3.05, 3.63) is 35.9 Å². The number of aliphatic carboxylic acids is 1. The van der Waals surface area contributed by atoms with Gasteiger partial charge in [-0.05, 0) is 43.7 Å². The molecule has 1 aliphatic heterocycles. The molecule has 2 rings (SSSR count). The molecule has 1 saturated heterocycles. The quantitative estimate of drug-likeness (QED) is 0.863. The Bertz CT molecular complexity index is 369. The Balaban J connectivity index is 0.00000162. The van der Waals surface area contributed by atoms with Gasteiger partial charge in [-0.3, -0.25) is 4.79 Å². The van der Waals surface area contributed by atoms with Gasteiger partial charge in [0.2, 0.25) is 0 Å². The Morgan fingerprint density at radius 2 is 2.06 bits per heavy atom. The largest absolute Gasteiger partial charge is 0.480 e. The zero-order chi connectivity index (χ0) is 12.1. The van der Waals surface area contributed by atoms with E-state index in [2.05, 4.69) is 29.6 Å². The highest BCUT2D eigenvalue weighted by Gasteiger charge is 2.28. The molecule has 1 aromatic carbocycles. The Morgan fingerprint density at radius 3 is 2.67 bits per heavy atom. The maximum Gasteiger partial charge on any atom is 0.320 e. The van der Waals surface area contributed by atoms with Gasteiger partial charge in [0.15, 0.2) is 0 Å². The first kappa shape index (κ1) is 15.0. The van der Waals surface area contributed by atoms with E-state index in [1.807, 2.05) is 6.07 Å². The van der Waals surface area contributed by atoms with E-state index in [-0.39, 0.29) is 18.4 Å². The van der Waals surface area contributed by atoms with Gasteiger partial charge < -0.3 is 10.4 Å². The van der Waals surface area contributed by atoms with E-state index in [9.17, 15) is 4.79 Å². The Hall–Kier alpha value is -1.06. The van der Waals surface area contributed by atoms with Crippen LogP contribution in [0.15, 0.2) is 30.3 Å². The summed E-state index contributed by atoms with van der Waals surface area (Å²) in [6.07, 6.45) is 4.13. The van der Waals surface area contributed by atoms with Gasteiger partial charge in [0.05, 0.1) is 0 Å². The number of carboxylic acids is 1. The molecule has 1 heterocycles. The predicted octanol–water partition coefficient (Wildman–Crippen LogP) is 2.49. The van der Waals surface area contributed by atoms with E-state index in [4.69, 9.17) is 5.11 Å². The van der Waals surface area contributed by atoms with Gasteiger partial charge in [0.1, 0.15) is 6.04 Å². The summed E-state index contributed by atoms with van der Waals surface area (Å²) in [7, 11) is 0. The van der Waals surface area contributed by atoms with Gasteiger partial charge in [-0.1, -0.05) is 30.3 Å². The van der Waals surface area contributed by atoms with E-state index < -0.39 is 5.97 Å². The van der Waals surface area contributed by atoms with Crippen LogP contribution < -0.4 is 5.32 Å². The van der Waals surface area contributed by atoms with Gasteiger partial charge in [0, 0.05) is 0 Å². The zero-order valence-corrected chi connectivity index (χ0v) is 11.2. The summed E-state index contributed by atoms with van der Waals surface area (Å²) in [5, 5.41) is 11.9. The molecule has 0 unspecified atom stereocenters. The SMILES string of the molecule is Cl.O=C(O)[C@@H]1C[C@@H](CCCc2ccccc2)CN1. The maximum atomic E-state index is 10.8. The molecule has 2 N–H and O–H groups in total. The van der Waals surface area contributed by atoms with Gasteiger partial charge in [-0.25, -0.2) is 0 Å². The number of carboxylic acid groups (broad SMARTS) is 1. The fourth-order valence-corrected chi connectivity index (χ4v) is 2.46. The lowest BCUT2D eigenvalue weighted by Gasteiger charge is -2.07. The molecule has 100 valence electrons. The van der Waals surface area contributed by atoms with Crippen LogP contribution in [0.3, 0.4) is 0 Å². The van der Waals surface area contributed by atoms with Crippen molar-refractivity contribution in [3.8, 4) is 0 Å². The predicted molar refractivity (Wildman–Crippen MR) is 74.2 cm³/mol. The number of rotatable bonds is 5. The van der Waals surface area contributed by atoms with Crippen LogP contribution in [0.25, 0.3) is 0 Å². The Labute approximate surface area is 114 Å². The second kappa shape index (κ2) is 7.39. The molecule has 0 aromatic heterocycles. The molecule has 1 aliphatic rings. The highest BCUT2D eigenvalue weighted by atomic mass is 35.5. The van der Waals surface area contributed by atoms with Crippen molar-refractivity contribution in [2.24, 2.45) is 5.92 Å². The number of carbonyl (C=O) groups is 1. The van der Waals surface area contributed by atoms with E-state index in [1.165, 1.54) is 5.56 Å². The third-order valence-corrected chi connectivity index (χ3v) is 3.44. The maximum absolute atomic E-state index is 10.8. The molecular weight excluding hydrogens is 250 g/mol. The summed E-state index contributed by atoms with van der Waals surface area (Å²) in [4.78, 5) is 10.8. The molecular formula is C14H20ClNO2. The standard InChI is InChI=1S/C14H19NO2.ClH/c16-14(17)13-9-12(10-15-13)8-4-7-11-5-2-1-3-6-11;/h1-3,5-6,12-13,15H,4,7-10H2,(H,16,17);1H/t12-,13+;/m1./s1. The first-order valence-electron chi connectivity index (χ1n) is 6.26. The van der Waals surface area contributed by atoms with Crippen LogP contribution >= 0.6 is 12.4 Å². The average Bonchev–Trinajstić information content (AvgIpc) is 2.79. The molecule has 4 heteroatoms. The minimum absolute atomic E-state index is 0. The van der Waals surface area contributed by atoms with E-state index in [1.54, 1.807) is 0 Å². The third-order valence-electron chi connectivity index (χ3n) is 3.44. The van der Waals surface area contributed by atoms with E-state index in [0.717, 1.165) is 32.2 Å². The molecule has 2 atom stereocenters. The molecule has 0 aliphatic carbocycles. The van der Waals surface area contributed by atoms with E-state index in [0.29, 0.717) is 5.92 Å². The Morgan fingerprint density at radius 1 is 1.33 bits per heavy atom. The molecule has 0 radical (unpaired) electrons. The normalized spacial score (nSPS) is 22.4. The smallest absolute Gasteiger partial charge is 0.320 e. The summed E-state index contributed by atoms with van der Waals surface area (Å²) < 4.78 is 0. The third kappa shape index (κ3) is 4.31. The lowest BCUT2D eigenvalue weighted by Crippen LogP contribution is -2.29. The fraction of sp³-hybridized carbons (Fsp3) is 0.500. The van der Waals surface area contributed by atoms with Crippen molar-refractivity contribution in [2.45, 2.75) is 31.7 Å². The molecule has 0 bridgehead atoms. The molecule has 0 amide bonds. The van der Waals surface area contributed by atoms with E-state index >= 15 is 0 Å². The van der Waals surface area contributed by atoms with Crippen molar-refractivity contribution < 1.29 is 9.90 Å². The summed E-state index contributed by atoms with van der Waals surface area (Å²) in [5.41, 5.74) is 1.37. The van der Waals surface area contributed by atoms with Crippen LogP contribution in [0.5, 0.6) is 0 Å². The van der Waals surface area contributed by atoms with Gasteiger partial charge in [-0.15, -0.1) is 12.4 Å². The number of benzene rings is 1. The number of hydrogen-bond donors (Lipinski definition) is 2. The number of aryl methyl sites for hydroxylation is 1. The first-order valence-corrected chi connectivity index (χ1v) is 6.26. The van der Waals surface area contributed by atoms with Crippen molar-refractivity contribution in [1.82, 2.24) is 5.32 Å². The molecule has 0 saturated carbocycles. The lowest BCUT2D eigenvalue weighted by molar-refractivity contribution is -0.139. The van der Waals surface area contributed by atoms with Crippen molar-refractivity contribution in [2.75, 3.05) is 6.54 Å². The van der Waals surface area contributed by atoms with Crippen molar-refractivity contribution >= 4 is 18.4 Å². The number of nitrogens with one attached hydrogen (secondary N) is 1. The summed E-state index contributed by atoms with van der Waals surface area (Å²) >= 11 is 0. The summed E-state index contributed by atoms with van der Waals surface area (Å²) in [6, 6.07) is 10.1. The van der Waals surface area contributed by atoms with Crippen LogP contribution in [-0.4, -0.2) is 23.7 Å². The minimum Gasteiger partial charge on any atom is -0.480 e. The lowest BCUT2D eigenvalue weighted by atomic mass is 9.97.